The molecule has 0 saturated heterocycles. The summed E-state index contributed by atoms with van der Waals surface area (Å²) >= 11 is 6.42. The first-order chi connectivity index (χ1) is 12.9. The monoisotopic (exact) mass is 497 g/mol. The van der Waals surface area contributed by atoms with Gasteiger partial charge in [0.15, 0.2) is 0 Å². The van der Waals surface area contributed by atoms with Crippen LogP contribution >= 0.6 is 31.9 Å². The third kappa shape index (κ3) is 6.69. The maximum Gasteiger partial charge on any atom is 0.259 e. The van der Waals surface area contributed by atoms with Crippen molar-refractivity contribution in [2.75, 3.05) is 13.7 Å². The van der Waals surface area contributed by atoms with E-state index in [1.54, 1.807) is 43.5 Å². The van der Waals surface area contributed by atoms with E-state index in [1.807, 2.05) is 0 Å². The number of halogens is 2. The molecule has 3 N–H and O–H groups in total. The fourth-order valence-electron chi connectivity index (χ4n) is 2.05. The molecule has 0 spiro atoms. The molecule has 0 unspecified atom stereocenters. The van der Waals surface area contributed by atoms with Gasteiger partial charge in [-0.05, 0) is 67.3 Å². The number of aromatic hydroxyl groups is 1. The molecule has 0 aliphatic rings. The second kappa shape index (κ2) is 10.1. The van der Waals surface area contributed by atoms with Gasteiger partial charge in [0.25, 0.3) is 5.91 Å². The van der Waals surface area contributed by atoms with E-state index in [-0.39, 0.29) is 24.6 Å². The summed E-state index contributed by atoms with van der Waals surface area (Å²) in [6.45, 7) is -0.185. The van der Waals surface area contributed by atoms with Gasteiger partial charge in [-0.2, -0.15) is 5.10 Å². The van der Waals surface area contributed by atoms with Crippen molar-refractivity contribution in [2.24, 2.45) is 5.10 Å². The number of ether oxygens (including phenoxy) is 1. The molecule has 0 aliphatic heterocycles. The molecule has 2 aromatic carbocycles. The molecular formula is C18H17Br2N3O4. The molecule has 9 heteroatoms. The number of phenols is 1. The fourth-order valence-corrected chi connectivity index (χ4v) is 3.27. The number of phenolic OH excluding ortho intramolecular Hbond substituents is 1. The quantitative estimate of drug-likeness (QED) is 0.403. The Morgan fingerprint density at radius 3 is 2.37 bits per heavy atom. The number of hydrogen-bond donors (Lipinski definition) is 3. The van der Waals surface area contributed by atoms with Gasteiger partial charge in [0, 0.05) is 0 Å². The Kier molecular flexibility index (Phi) is 7.81. The van der Waals surface area contributed by atoms with Crippen LogP contribution in [0.2, 0.25) is 0 Å². The second-order valence-electron chi connectivity index (χ2n) is 5.43. The minimum atomic E-state index is -0.453. The Balaban J connectivity index is 1.77. The summed E-state index contributed by atoms with van der Waals surface area (Å²) in [6, 6.07) is 10.4. The number of rotatable bonds is 7. The van der Waals surface area contributed by atoms with Gasteiger partial charge in [-0.3, -0.25) is 9.59 Å². The van der Waals surface area contributed by atoms with E-state index in [0.29, 0.717) is 20.3 Å². The van der Waals surface area contributed by atoms with Gasteiger partial charge in [-0.25, -0.2) is 5.43 Å². The number of carbonyl (C=O) groups is 2. The fraction of sp³-hybridized carbons (Fsp3) is 0.167. The van der Waals surface area contributed by atoms with E-state index >= 15 is 0 Å². The first-order valence-electron chi connectivity index (χ1n) is 7.78. The van der Waals surface area contributed by atoms with Gasteiger partial charge in [-0.1, -0.05) is 12.1 Å². The number of hydrogen-bond acceptors (Lipinski definition) is 5. The maximum absolute atomic E-state index is 11.9. The molecule has 0 fully saturated rings. The average molecular weight is 499 g/mol. The molecule has 0 aromatic heterocycles. The Hall–Kier alpha value is -2.39. The molecule has 2 rings (SSSR count). The van der Waals surface area contributed by atoms with E-state index in [9.17, 15) is 14.7 Å². The molecule has 0 bridgehead atoms. The number of nitrogens with zero attached hydrogens (tertiary/aromatic N) is 1. The molecule has 2 amide bonds. The highest BCUT2D eigenvalue weighted by Crippen LogP contribution is 2.32. The highest BCUT2D eigenvalue weighted by molar-refractivity contribution is 9.11. The van der Waals surface area contributed by atoms with Crippen LogP contribution in [0.4, 0.5) is 0 Å². The van der Waals surface area contributed by atoms with Crippen LogP contribution in [0.5, 0.6) is 11.5 Å². The number of methoxy groups -OCH3 is 1. The number of benzene rings is 2. The van der Waals surface area contributed by atoms with Gasteiger partial charge >= 0.3 is 0 Å². The third-order valence-electron chi connectivity index (χ3n) is 3.41. The lowest BCUT2D eigenvalue weighted by molar-refractivity contribution is -0.125. The summed E-state index contributed by atoms with van der Waals surface area (Å²) in [7, 11) is 1.57. The SMILES string of the molecule is COc1ccc(CC(=O)NCC(=O)N/N=C\c2cc(Br)c(O)c(Br)c2)cc1. The van der Waals surface area contributed by atoms with Crippen molar-refractivity contribution in [2.45, 2.75) is 6.42 Å². The zero-order valence-electron chi connectivity index (χ0n) is 14.3. The summed E-state index contributed by atoms with van der Waals surface area (Å²) in [5, 5.41) is 16.0. The molecule has 2 aromatic rings. The first-order valence-corrected chi connectivity index (χ1v) is 9.37. The highest BCUT2D eigenvalue weighted by atomic mass is 79.9. The largest absolute Gasteiger partial charge is 0.506 e. The van der Waals surface area contributed by atoms with Crippen LogP contribution in [0.3, 0.4) is 0 Å². The van der Waals surface area contributed by atoms with Crippen molar-refractivity contribution in [3.63, 3.8) is 0 Å². The van der Waals surface area contributed by atoms with E-state index in [4.69, 9.17) is 4.74 Å². The van der Waals surface area contributed by atoms with Crippen molar-refractivity contribution in [3.05, 3.63) is 56.5 Å². The smallest absolute Gasteiger partial charge is 0.259 e. The predicted molar refractivity (Wildman–Crippen MR) is 109 cm³/mol. The Morgan fingerprint density at radius 1 is 1.15 bits per heavy atom. The second-order valence-corrected chi connectivity index (χ2v) is 7.14. The van der Waals surface area contributed by atoms with Gasteiger partial charge in [0.05, 0.1) is 35.2 Å². The maximum atomic E-state index is 11.9. The summed E-state index contributed by atoms with van der Waals surface area (Å²) in [5.74, 6) is 0.0665. The van der Waals surface area contributed by atoms with Crippen LogP contribution in [0.15, 0.2) is 50.4 Å². The van der Waals surface area contributed by atoms with Crippen molar-refractivity contribution >= 4 is 49.9 Å². The Labute approximate surface area is 173 Å². The van der Waals surface area contributed by atoms with Crippen LogP contribution in [-0.2, 0) is 16.0 Å². The van der Waals surface area contributed by atoms with Crippen LogP contribution in [0, 0.1) is 0 Å². The zero-order valence-corrected chi connectivity index (χ0v) is 17.5. The molecule has 0 radical (unpaired) electrons. The van der Waals surface area contributed by atoms with Gasteiger partial charge in [-0.15, -0.1) is 0 Å². The normalized spacial score (nSPS) is 10.6. The molecule has 0 atom stereocenters. The molecule has 0 aliphatic carbocycles. The van der Waals surface area contributed by atoms with E-state index in [1.165, 1.54) is 6.21 Å². The third-order valence-corrected chi connectivity index (χ3v) is 4.62. The molecule has 27 heavy (non-hydrogen) atoms. The standard InChI is InChI=1S/C18H17Br2N3O4/c1-27-13-4-2-11(3-5-13)8-16(24)21-10-17(25)23-22-9-12-6-14(19)18(26)15(20)7-12/h2-7,9,26H,8,10H2,1H3,(H,21,24)(H,23,25)/b22-9-. The molecular weight excluding hydrogens is 482 g/mol. The predicted octanol–water partition coefficient (Wildman–Crippen LogP) is 2.73. The number of amides is 2. The first kappa shape index (κ1) is 20.9. The topological polar surface area (TPSA) is 100 Å². The minimum absolute atomic E-state index is 0.0794. The van der Waals surface area contributed by atoms with Crippen LogP contribution in [-0.4, -0.2) is 36.8 Å². The van der Waals surface area contributed by atoms with E-state index < -0.39 is 5.91 Å². The zero-order chi connectivity index (χ0) is 19.8. The van der Waals surface area contributed by atoms with Crippen molar-refractivity contribution in [1.82, 2.24) is 10.7 Å². The van der Waals surface area contributed by atoms with Crippen LogP contribution in [0.1, 0.15) is 11.1 Å². The Morgan fingerprint density at radius 2 is 1.78 bits per heavy atom. The lowest BCUT2D eigenvalue weighted by atomic mass is 10.1. The van der Waals surface area contributed by atoms with Crippen LogP contribution in [0.25, 0.3) is 0 Å². The van der Waals surface area contributed by atoms with Crippen molar-refractivity contribution < 1.29 is 19.4 Å². The average Bonchev–Trinajstić information content (AvgIpc) is 2.65. The van der Waals surface area contributed by atoms with E-state index in [0.717, 1.165) is 5.56 Å². The summed E-state index contributed by atoms with van der Waals surface area (Å²) in [5.41, 5.74) is 3.80. The highest BCUT2D eigenvalue weighted by Gasteiger charge is 2.07. The lowest BCUT2D eigenvalue weighted by Gasteiger charge is -2.05. The lowest BCUT2D eigenvalue weighted by Crippen LogP contribution is -2.35. The summed E-state index contributed by atoms with van der Waals surface area (Å²) in [4.78, 5) is 23.6. The number of carbonyl (C=O) groups excluding carboxylic acids is 2. The number of nitrogens with one attached hydrogen (secondary N) is 2. The van der Waals surface area contributed by atoms with Crippen molar-refractivity contribution in [1.29, 1.82) is 0 Å². The molecule has 142 valence electrons. The van der Waals surface area contributed by atoms with Gasteiger partial charge in [0.1, 0.15) is 11.5 Å². The van der Waals surface area contributed by atoms with Crippen LogP contribution < -0.4 is 15.5 Å². The molecule has 0 heterocycles. The van der Waals surface area contributed by atoms with Gasteiger partial charge in [0.2, 0.25) is 5.91 Å². The molecule has 7 nitrogen and oxygen atoms in total. The summed E-state index contributed by atoms with van der Waals surface area (Å²) < 4.78 is 6.05. The van der Waals surface area contributed by atoms with Gasteiger partial charge < -0.3 is 15.2 Å². The molecule has 0 saturated carbocycles. The minimum Gasteiger partial charge on any atom is -0.506 e. The number of hydrazone groups is 1. The van der Waals surface area contributed by atoms with Crippen molar-refractivity contribution in [3.8, 4) is 11.5 Å². The summed E-state index contributed by atoms with van der Waals surface area (Å²) in [6.07, 6.45) is 1.59. The van der Waals surface area contributed by atoms with E-state index in [2.05, 4.69) is 47.7 Å². The Bertz CT molecular complexity index is 831.